The van der Waals surface area contributed by atoms with Gasteiger partial charge in [-0.25, -0.2) is 4.79 Å². The second kappa shape index (κ2) is 5.72. The number of carboxylic acids is 1. The van der Waals surface area contributed by atoms with Crippen LogP contribution in [0.25, 0.3) is 0 Å². The standard InChI is InChI=1S/C8H8O3.Zn/c9-8(10)6-11-7-4-2-1-3-5-7;/h1-5H,6H2,(H,9,10);. The first-order chi connectivity index (χ1) is 5.29. The Morgan fingerprint density at radius 3 is 2.42 bits per heavy atom. The SMILES string of the molecule is O=C(O)COc1ccccc1.[Zn]. The van der Waals surface area contributed by atoms with Crippen LogP contribution in [0, 0.1) is 0 Å². The van der Waals surface area contributed by atoms with Crippen molar-refractivity contribution in [2.75, 3.05) is 6.61 Å². The Hall–Kier alpha value is -0.887. The van der Waals surface area contributed by atoms with E-state index in [1.807, 2.05) is 6.07 Å². The second-order valence-electron chi connectivity index (χ2n) is 2.00. The molecule has 0 heterocycles. The molecule has 0 bridgehead atoms. The van der Waals surface area contributed by atoms with Crippen LogP contribution in [0.4, 0.5) is 0 Å². The van der Waals surface area contributed by atoms with Gasteiger partial charge in [-0.15, -0.1) is 0 Å². The number of benzene rings is 1. The topological polar surface area (TPSA) is 46.5 Å². The number of rotatable bonds is 3. The molecule has 0 unspecified atom stereocenters. The number of hydrogen-bond acceptors (Lipinski definition) is 2. The van der Waals surface area contributed by atoms with Gasteiger partial charge < -0.3 is 9.84 Å². The van der Waals surface area contributed by atoms with E-state index in [0.29, 0.717) is 5.75 Å². The van der Waals surface area contributed by atoms with Crippen LogP contribution >= 0.6 is 0 Å². The van der Waals surface area contributed by atoms with Gasteiger partial charge in [0.2, 0.25) is 0 Å². The third kappa shape index (κ3) is 4.09. The van der Waals surface area contributed by atoms with Crippen LogP contribution in [-0.4, -0.2) is 17.7 Å². The Morgan fingerprint density at radius 2 is 1.92 bits per heavy atom. The molecule has 3 nitrogen and oxygen atoms in total. The van der Waals surface area contributed by atoms with Gasteiger partial charge in [0.25, 0.3) is 0 Å². The van der Waals surface area contributed by atoms with Crippen molar-refractivity contribution in [3.8, 4) is 5.75 Å². The number of carbonyl (C=O) groups is 1. The molecule has 0 saturated carbocycles. The molecule has 0 aliphatic carbocycles. The average Bonchev–Trinajstić information content (AvgIpc) is 2.03. The molecule has 0 atom stereocenters. The minimum atomic E-state index is -0.964. The van der Waals surface area contributed by atoms with E-state index >= 15 is 0 Å². The zero-order valence-corrected chi connectivity index (χ0v) is 9.53. The van der Waals surface area contributed by atoms with Gasteiger partial charge in [-0.2, -0.15) is 0 Å². The maximum absolute atomic E-state index is 10.0. The molecule has 0 saturated heterocycles. The molecule has 0 spiro atoms. The van der Waals surface area contributed by atoms with E-state index in [2.05, 4.69) is 0 Å². The molecule has 0 fully saturated rings. The van der Waals surface area contributed by atoms with E-state index in [9.17, 15) is 4.79 Å². The van der Waals surface area contributed by atoms with Crippen molar-refractivity contribution < 1.29 is 34.1 Å². The molecule has 0 aromatic heterocycles. The second-order valence-corrected chi connectivity index (χ2v) is 2.00. The number of para-hydroxylation sites is 1. The van der Waals surface area contributed by atoms with E-state index in [-0.39, 0.29) is 26.1 Å². The van der Waals surface area contributed by atoms with Crippen LogP contribution in [0.1, 0.15) is 0 Å². The third-order valence-corrected chi connectivity index (χ3v) is 1.11. The van der Waals surface area contributed by atoms with E-state index in [1.54, 1.807) is 24.3 Å². The molecule has 0 aliphatic rings. The molecule has 60 valence electrons. The summed E-state index contributed by atoms with van der Waals surface area (Å²) in [5.74, 6) is -0.385. The van der Waals surface area contributed by atoms with Gasteiger partial charge in [0.1, 0.15) is 5.75 Å². The van der Waals surface area contributed by atoms with Crippen molar-refractivity contribution in [1.29, 1.82) is 0 Å². The third-order valence-electron chi connectivity index (χ3n) is 1.11. The molecular weight excluding hydrogens is 209 g/mol. The van der Waals surface area contributed by atoms with Gasteiger partial charge in [0.15, 0.2) is 6.61 Å². The Bertz CT molecular complexity index is 235. The van der Waals surface area contributed by atoms with E-state index in [1.165, 1.54) is 0 Å². The van der Waals surface area contributed by atoms with Gasteiger partial charge in [-0.05, 0) is 12.1 Å². The number of hydrogen-bond donors (Lipinski definition) is 1. The summed E-state index contributed by atoms with van der Waals surface area (Å²) in [5.41, 5.74) is 0. The Kier molecular flexibility index (Phi) is 5.30. The number of ether oxygens (including phenoxy) is 1. The molecule has 1 aromatic rings. The minimum Gasteiger partial charge on any atom is -0.482 e. The predicted molar refractivity (Wildman–Crippen MR) is 39.6 cm³/mol. The fraction of sp³-hybridized carbons (Fsp3) is 0.125. The maximum atomic E-state index is 10.0. The summed E-state index contributed by atoms with van der Waals surface area (Å²) in [7, 11) is 0. The van der Waals surface area contributed by atoms with Gasteiger partial charge in [-0.1, -0.05) is 18.2 Å². The van der Waals surface area contributed by atoms with E-state index in [4.69, 9.17) is 9.84 Å². The largest absolute Gasteiger partial charge is 0.482 e. The monoisotopic (exact) mass is 216 g/mol. The summed E-state index contributed by atoms with van der Waals surface area (Å²) in [4.78, 5) is 10.0. The average molecular weight is 218 g/mol. The number of aliphatic carboxylic acids is 1. The van der Waals surface area contributed by atoms with Crippen LogP contribution in [0.5, 0.6) is 5.75 Å². The van der Waals surface area contributed by atoms with Gasteiger partial charge in [-0.3, -0.25) is 0 Å². The summed E-state index contributed by atoms with van der Waals surface area (Å²) >= 11 is 0. The minimum absolute atomic E-state index is 0. The van der Waals surface area contributed by atoms with Crippen LogP contribution in [0.2, 0.25) is 0 Å². The zero-order chi connectivity index (χ0) is 8.10. The molecule has 1 rings (SSSR count). The molecule has 4 heteroatoms. The van der Waals surface area contributed by atoms with Crippen molar-refractivity contribution in [2.24, 2.45) is 0 Å². The Balaban J connectivity index is 0.00000121. The zero-order valence-electron chi connectivity index (χ0n) is 6.56. The molecule has 0 amide bonds. The Labute approximate surface area is 83.1 Å². The summed E-state index contributed by atoms with van der Waals surface area (Å²) in [6, 6.07) is 8.84. The summed E-state index contributed by atoms with van der Waals surface area (Å²) < 4.78 is 4.87. The fourth-order valence-corrected chi connectivity index (χ4v) is 0.662. The molecule has 12 heavy (non-hydrogen) atoms. The van der Waals surface area contributed by atoms with Crippen molar-refractivity contribution in [3.63, 3.8) is 0 Å². The quantitative estimate of drug-likeness (QED) is 0.773. The van der Waals surface area contributed by atoms with Gasteiger partial charge in [0.05, 0.1) is 0 Å². The van der Waals surface area contributed by atoms with Gasteiger partial charge >= 0.3 is 5.97 Å². The molecule has 1 N–H and O–H groups in total. The van der Waals surface area contributed by atoms with Crippen LogP contribution in [0.15, 0.2) is 30.3 Å². The van der Waals surface area contributed by atoms with Crippen molar-refractivity contribution >= 4 is 5.97 Å². The molecular formula is C8H8O3Zn. The van der Waals surface area contributed by atoms with Crippen LogP contribution in [-0.2, 0) is 24.3 Å². The smallest absolute Gasteiger partial charge is 0.341 e. The number of carboxylic acid groups (broad SMARTS) is 1. The van der Waals surface area contributed by atoms with E-state index in [0.717, 1.165) is 0 Å². The molecule has 0 aliphatic heterocycles. The molecule has 0 radical (unpaired) electrons. The van der Waals surface area contributed by atoms with Gasteiger partial charge in [0, 0.05) is 19.5 Å². The first-order valence-electron chi connectivity index (χ1n) is 3.18. The van der Waals surface area contributed by atoms with Crippen molar-refractivity contribution in [3.05, 3.63) is 30.3 Å². The predicted octanol–water partition coefficient (Wildman–Crippen LogP) is 1.15. The Morgan fingerprint density at radius 1 is 1.33 bits per heavy atom. The first kappa shape index (κ1) is 11.1. The van der Waals surface area contributed by atoms with Crippen LogP contribution in [0.3, 0.4) is 0 Å². The summed E-state index contributed by atoms with van der Waals surface area (Å²) in [6.07, 6.45) is 0. The first-order valence-corrected chi connectivity index (χ1v) is 3.18. The van der Waals surface area contributed by atoms with Crippen LogP contribution < -0.4 is 4.74 Å². The summed E-state index contributed by atoms with van der Waals surface area (Å²) in [5, 5.41) is 8.25. The normalized spacial score (nSPS) is 8.33. The fourth-order valence-electron chi connectivity index (χ4n) is 0.662. The maximum Gasteiger partial charge on any atom is 0.341 e. The van der Waals surface area contributed by atoms with Crippen molar-refractivity contribution in [2.45, 2.75) is 0 Å². The van der Waals surface area contributed by atoms with Crippen molar-refractivity contribution in [1.82, 2.24) is 0 Å². The molecule has 1 aromatic carbocycles. The summed E-state index contributed by atoms with van der Waals surface area (Å²) in [6.45, 7) is -0.288. The van der Waals surface area contributed by atoms with E-state index < -0.39 is 5.97 Å².